The van der Waals surface area contributed by atoms with Crippen molar-refractivity contribution < 1.29 is 22.4 Å². The van der Waals surface area contributed by atoms with E-state index in [1.165, 1.54) is 10.9 Å². The van der Waals surface area contributed by atoms with Gasteiger partial charge in [-0.15, -0.1) is 0 Å². The van der Waals surface area contributed by atoms with Gasteiger partial charge in [0, 0.05) is 32.5 Å². The first kappa shape index (κ1) is 35.1. The van der Waals surface area contributed by atoms with Crippen molar-refractivity contribution in [2.75, 3.05) is 14.2 Å². The summed E-state index contributed by atoms with van der Waals surface area (Å²) >= 11 is 0. The maximum Gasteiger partial charge on any atom is 0.253 e. The van der Waals surface area contributed by atoms with Crippen molar-refractivity contribution in [1.82, 2.24) is 0 Å². The first-order valence-corrected chi connectivity index (χ1v) is 20.4. The van der Waals surface area contributed by atoms with Crippen molar-refractivity contribution in [2.24, 2.45) is 0 Å². The molecule has 0 aliphatic carbocycles. The molecule has 268 valence electrons. The standard InChI is InChI=1S/C46H44O5P2/c1-45(2,3)37-27-29(47-7)25-35(43(37)52-42-24-16-12-20-34(42)33-19-11-13-21-39(33)49-52)36-26-30(48-8)28-38(46(4,5)6)44(36)53-50-40-22-14-9-17-31(40)32-18-10-15-23-41(32)51-53/h9-28H,1-8H3. The summed E-state index contributed by atoms with van der Waals surface area (Å²) in [6, 6.07) is 42.1. The minimum atomic E-state index is -1.72. The quantitative estimate of drug-likeness (QED) is 0.165. The molecule has 0 fully saturated rings. The molecule has 0 amide bonds. The Hall–Kier alpha value is -4.95. The summed E-state index contributed by atoms with van der Waals surface area (Å²) in [6.07, 6.45) is 0. The van der Waals surface area contributed by atoms with Crippen LogP contribution in [-0.4, -0.2) is 14.2 Å². The van der Waals surface area contributed by atoms with Crippen LogP contribution in [0.4, 0.5) is 0 Å². The van der Waals surface area contributed by atoms with Crippen molar-refractivity contribution in [3.63, 3.8) is 0 Å². The van der Waals surface area contributed by atoms with Gasteiger partial charge in [0.25, 0.3) is 8.01 Å². The lowest BCUT2D eigenvalue weighted by Crippen LogP contribution is -2.30. The molecule has 0 radical (unpaired) electrons. The van der Waals surface area contributed by atoms with E-state index >= 15 is 0 Å². The van der Waals surface area contributed by atoms with Gasteiger partial charge in [0.1, 0.15) is 28.4 Å². The fraction of sp³-hybridized carbons (Fsp3) is 0.217. The van der Waals surface area contributed by atoms with Gasteiger partial charge < -0.3 is 22.4 Å². The molecule has 1 unspecified atom stereocenters. The zero-order chi connectivity index (χ0) is 37.1. The zero-order valence-electron chi connectivity index (χ0n) is 31.5. The second-order valence-electron chi connectivity index (χ2n) is 15.5. The SMILES string of the molecule is COc1cc(-c2cc(OC)cc(C(C)(C)C)c2-p2oc3ccccc3c3ccccc3o2)c(P2Oc3ccccc3-c3ccccc32)c(C(C)(C)C)c1. The maximum atomic E-state index is 7.20. The van der Waals surface area contributed by atoms with Gasteiger partial charge in [-0.1, -0.05) is 120 Å². The van der Waals surface area contributed by atoms with Crippen LogP contribution >= 0.6 is 16.2 Å². The van der Waals surface area contributed by atoms with Crippen LogP contribution in [0.25, 0.3) is 49.5 Å². The van der Waals surface area contributed by atoms with Crippen LogP contribution in [0.2, 0.25) is 0 Å². The highest BCUT2D eigenvalue weighted by Gasteiger charge is 2.37. The Balaban J connectivity index is 1.55. The fourth-order valence-corrected chi connectivity index (χ4v) is 11.5. The summed E-state index contributed by atoms with van der Waals surface area (Å²) in [4.78, 5) is 0. The lowest BCUT2D eigenvalue weighted by Gasteiger charge is -2.34. The predicted octanol–water partition coefficient (Wildman–Crippen LogP) is 13.0. The van der Waals surface area contributed by atoms with Crippen LogP contribution in [0, 0.1) is 0 Å². The number of hydrogen-bond donors (Lipinski definition) is 0. The van der Waals surface area contributed by atoms with Gasteiger partial charge in [0.15, 0.2) is 8.15 Å². The normalized spacial score (nSPS) is 14.0. The molecule has 7 heteroatoms. The second kappa shape index (κ2) is 13.5. The average molecular weight is 739 g/mol. The highest BCUT2D eigenvalue weighted by atomic mass is 31.1. The van der Waals surface area contributed by atoms with E-state index in [0.717, 1.165) is 77.6 Å². The highest BCUT2D eigenvalue weighted by Crippen LogP contribution is 2.56. The minimum Gasteiger partial charge on any atom is -0.497 e. The molecule has 0 spiro atoms. The van der Waals surface area contributed by atoms with Gasteiger partial charge in [-0.3, -0.25) is 0 Å². The molecule has 0 N–H and O–H groups in total. The number of ether oxygens (including phenoxy) is 2. The van der Waals surface area contributed by atoms with Crippen molar-refractivity contribution in [2.45, 2.75) is 52.4 Å². The maximum absolute atomic E-state index is 7.20. The summed E-state index contributed by atoms with van der Waals surface area (Å²) in [7, 11) is 0.392. The summed E-state index contributed by atoms with van der Waals surface area (Å²) in [5.41, 5.74) is 7.53. The molecule has 1 aromatic heterocycles. The first-order valence-electron chi connectivity index (χ1n) is 17.9. The van der Waals surface area contributed by atoms with Crippen molar-refractivity contribution >= 4 is 48.7 Å². The molecule has 8 rings (SSSR count). The monoisotopic (exact) mass is 738 g/mol. The van der Waals surface area contributed by atoms with E-state index in [0.29, 0.717) is 0 Å². The second-order valence-corrected chi connectivity index (χ2v) is 18.5. The van der Waals surface area contributed by atoms with Gasteiger partial charge >= 0.3 is 0 Å². The van der Waals surface area contributed by atoms with E-state index in [9.17, 15) is 0 Å². The number of para-hydroxylation sites is 3. The van der Waals surface area contributed by atoms with Crippen LogP contribution in [0.3, 0.4) is 0 Å². The van der Waals surface area contributed by atoms with Crippen LogP contribution in [0.1, 0.15) is 52.7 Å². The zero-order valence-corrected chi connectivity index (χ0v) is 33.3. The number of fused-ring (bicyclic) bond motifs is 6. The minimum absolute atomic E-state index is 0.263. The van der Waals surface area contributed by atoms with Crippen LogP contribution < -0.4 is 24.6 Å². The molecule has 2 heterocycles. The number of hydrogen-bond acceptors (Lipinski definition) is 5. The molecule has 1 aliphatic rings. The topological polar surface area (TPSA) is 54.0 Å². The van der Waals surface area contributed by atoms with Crippen molar-refractivity contribution in [3.05, 3.63) is 132 Å². The third-order valence-electron chi connectivity index (χ3n) is 9.85. The predicted molar refractivity (Wildman–Crippen MR) is 222 cm³/mol. The Kier molecular flexibility index (Phi) is 8.92. The first-order chi connectivity index (χ1) is 25.5. The molecule has 1 aliphatic heterocycles. The number of benzene rings is 6. The summed E-state index contributed by atoms with van der Waals surface area (Å²) in [5, 5.41) is 5.32. The van der Waals surface area contributed by atoms with Crippen LogP contribution in [0.5, 0.6) is 17.2 Å². The van der Waals surface area contributed by atoms with E-state index < -0.39 is 16.2 Å². The Morgan fingerprint density at radius 1 is 0.491 bits per heavy atom. The number of methoxy groups -OCH3 is 2. The lowest BCUT2D eigenvalue weighted by atomic mass is 9.82. The van der Waals surface area contributed by atoms with Gasteiger partial charge in [-0.25, -0.2) is 0 Å². The molecule has 6 aromatic carbocycles. The smallest absolute Gasteiger partial charge is 0.253 e. The molecule has 1 atom stereocenters. The van der Waals surface area contributed by atoms with Crippen LogP contribution in [0.15, 0.2) is 130 Å². The third kappa shape index (κ3) is 6.31. The number of rotatable bonds is 5. The van der Waals surface area contributed by atoms with E-state index in [2.05, 4.69) is 126 Å². The molecule has 0 bridgehead atoms. The van der Waals surface area contributed by atoms with Gasteiger partial charge in [0.2, 0.25) is 0 Å². The van der Waals surface area contributed by atoms with Gasteiger partial charge in [-0.05, 0) is 75.5 Å². The summed E-state index contributed by atoms with van der Waals surface area (Å²) in [5.74, 6) is 2.41. The Bertz CT molecular complexity index is 2500. The molecule has 53 heavy (non-hydrogen) atoms. The van der Waals surface area contributed by atoms with Gasteiger partial charge in [0.05, 0.1) is 19.5 Å². The summed E-state index contributed by atoms with van der Waals surface area (Å²) in [6.45, 7) is 13.5. The Morgan fingerprint density at radius 2 is 0.962 bits per heavy atom. The molecular formula is C46H44O5P2. The van der Waals surface area contributed by atoms with Gasteiger partial charge in [-0.2, -0.15) is 0 Å². The van der Waals surface area contributed by atoms with E-state index in [1.807, 2.05) is 36.4 Å². The molecular weight excluding hydrogens is 694 g/mol. The molecule has 5 nitrogen and oxygen atoms in total. The molecule has 0 saturated carbocycles. The summed E-state index contributed by atoms with van der Waals surface area (Å²) < 4.78 is 33.6. The Labute approximate surface area is 313 Å². The largest absolute Gasteiger partial charge is 0.497 e. The third-order valence-corrected chi connectivity index (χ3v) is 13.5. The van der Waals surface area contributed by atoms with Crippen LogP contribution in [-0.2, 0) is 10.8 Å². The van der Waals surface area contributed by atoms with E-state index in [1.54, 1.807) is 14.2 Å². The van der Waals surface area contributed by atoms with E-state index in [4.69, 9.17) is 22.4 Å². The average Bonchev–Trinajstić information content (AvgIpc) is 3.33. The molecule has 0 saturated heterocycles. The van der Waals surface area contributed by atoms with Crippen molar-refractivity contribution in [1.29, 1.82) is 0 Å². The Morgan fingerprint density at radius 3 is 1.53 bits per heavy atom. The lowest BCUT2D eigenvalue weighted by molar-refractivity contribution is 0.412. The van der Waals surface area contributed by atoms with Crippen molar-refractivity contribution in [3.8, 4) is 44.8 Å². The van der Waals surface area contributed by atoms with E-state index in [-0.39, 0.29) is 10.8 Å². The highest BCUT2D eigenvalue weighted by molar-refractivity contribution is 7.69. The fourth-order valence-electron chi connectivity index (χ4n) is 7.21. The molecule has 7 aromatic rings.